The molecule has 1 atom stereocenters. The van der Waals surface area contributed by atoms with Gasteiger partial charge in [-0.1, -0.05) is 24.3 Å². The number of hydrogen-bond acceptors (Lipinski definition) is 4. The summed E-state index contributed by atoms with van der Waals surface area (Å²) in [5, 5.41) is 0. The number of esters is 1. The monoisotopic (exact) mass is 283 g/mol. The van der Waals surface area contributed by atoms with Crippen molar-refractivity contribution < 1.29 is 14.3 Å². The van der Waals surface area contributed by atoms with Gasteiger partial charge in [0.2, 0.25) is 5.88 Å². The van der Waals surface area contributed by atoms with E-state index in [0.29, 0.717) is 11.4 Å². The summed E-state index contributed by atoms with van der Waals surface area (Å²) in [7, 11) is 1.36. The Balaban J connectivity index is 1.83. The number of pyridine rings is 1. The van der Waals surface area contributed by atoms with E-state index in [9.17, 15) is 4.79 Å². The van der Waals surface area contributed by atoms with Crippen molar-refractivity contribution in [2.24, 2.45) is 0 Å². The molecule has 2 aromatic rings. The Morgan fingerprint density at radius 3 is 3.00 bits per heavy atom. The molecule has 4 nitrogen and oxygen atoms in total. The molecule has 1 unspecified atom stereocenters. The van der Waals surface area contributed by atoms with Crippen molar-refractivity contribution in [1.29, 1.82) is 0 Å². The molecule has 0 saturated heterocycles. The van der Waals surface area contributed by atoms with Crippen molar-refractivity contribution in [1.82, 2.24) is 4.98 Å². The van der Waals surface area contributed by atoms with Crippen molar-refractivity contribution >= 4 is 5.97 Å². The van der Waals surface area contributed by atoms with E-state index >= 15 is 0 Å². The van der Waals surface area contributed by atoms with Gasteiger partial charge in [-0.2, -0.15) is 0 Å². The molecule has 0 fully saturated rings. The number of rotatable bonds is 3. The Kier molecular flexibility index (Phi) is 3.86. The first-order valence-corrected chi connectivity index (χ1v) is 7.07. The third-order valence-corrected chi connectivity index (χ3v) is 3.73. The van der Waals surface area contributed by atoms with Crippen molar-refractivity contribution in [3.8, 4) is 5.88 Å². The summed E-state index contributed by atoms with van der Waals surface area (Å²) in [6.07, 6.45) is 4.71. The Bertz CT molecular complexity index is 654. The predicted octanol–water partition coefficient (Wildman–Crippen LogP) is 3.32. The van der Waals surface area contributed by atoms with Gasteiger partial charge in [0.1, 0.15) is 6.10 Å². The van der Waals surface area contributed by atoms with E-state index in [2.05, 4.69) is 23.2 Å². The van der Waals surface area contributed by atoms with Crippen LogP contribution in [0, 0.1) is 0 Å². The van der Waals surface area contributed by atoms with E-state index in [0.717, 1.165) is 19.3 Å². The van der Waals surface area contributed by atoms with E-state index in [-0.39, 0.29) is 12.1 Å². The molecule has 0 bridgehead atoms. The van der Waals surface area contributed by atoms with Gasteiger partial charge in [0.25, 0.3) is 0 Å². The van der Waals surface area contributed by atoms with Crippen LogP contribution in [0.25, 0.3) is 0 Å². The van der Waals surface area contributed by atoms with Crippen LogP contribution in [0.2, 0.25) is 0 Å². The van der Waals surface area contributed by atoms with E-state index in [4.69, 9.17) is 9.47 Å². The Hall–Kier alpha value is -2.36. The van der Waals surface area contributed by atoms with Gasteiger partial charge in [-0.05, 0) is 36.5 Å². The average molecular weight is 283 g/mol. The quantitative estimate of drug-likeness (QED) is 0.811. The molecular weight excluding hydrogens is 266 g/mol. The molecule has 1 heterocycles. The maximum atomic E-state index is 11.6. The van der Waals surface area contributed by atoms with Crippen LogP contribution in [0.5, 0.6) is 5.88 Å². The van der Waals surface area contributed by atoms with Crippen LogP contribution in [0.15, 0.2) is 42.6 Å². The minimum atomic E-state index is -0.383. The maximum absolute atomic E-state index is 11.6. The molecule has 0 saturated carbocycles. The van der Waals surface area contributed by atoms with Crippen LogP contribution >= 0.6 is 0 Å². The fraction of sp³-hybridized carbons (Fsp3) is 0.294. The second-order valence-corrected chi connectivity index (χ2v) is 5.07. The highest BCUT2D eigenvalue weighted by atomic mass is 16.5. The molecule has 0 radical (unpaired) electrons. The van der Waals surface area contributed by atoms with Gasteiger partial charge in [-0.15, -0.1) is 0 Å². The zero-order chi connectivity index (χ0) is 14.7. The number of aromatic nitrogens is 1. The normalized spacial score (nSPS) is 16.9. The van der Waals surface area contributed by atoms with Gasteiger partial charge >= 0.3 is 5.97 Å². The molecule has 0 amide bonds. The minimum absolute atomic E-state index is 0.00431. The van der Waals surface area contributed by atoms with Crippen LogP contribution in [0.3, 0.4) is 0 Å². The molecular formula is C17H17NO3. The van der Waals surface area contributed by atoms with Gasteiger partial charge in [0, 0.05) is 12.3 Å². The van der Waals surface area contributed by atoms with Crippen molar-refractivity contribution in [2.45, 2.75) is 25.4 Å². The summed E-state index contributed by atoms with van der Waals surface area (Å²) in [4.78, 5) is 15.7. The molecule has 0 aliphatic heterocycles. The molecule has 0 N–H and O–H groups in total. The van der Waals surface area contributed by atoms with Crippen molar-refractivity contribution in [3.05, 3.63) is 59.3 Å². The first kappa shape index (κ1) is 13.6. The summed E-state index contributed by atoms with van der Waals surface area (Å²) >= 11 is 0. The SMILES string of the molecule is COC(=O)c1ccnc(OC2CCCc3ccccc32)c1. The molecule has 1 aliphatic carbocycles. The number of ether oxygens (including phenoxy) is 2. The maximum Gasteiger partial charge on any atom is 0.338 e. The van der Waals surface area contributed by atoms with Gasteiger partial charge in [-0.3, -0.25) is 0 Å². The van der Waals surface area contributed by atoms with Crippen LogP contribution in [0.1, 0.15) is 40.4 Å². The lowest BCUT2D eigenvalue weighted by Crippen LogP contribution is -2.16. The molecule has 4 heteroatoms. The topological polar surface area (TPSA) is 48.4 Å². The zero-order valence-corrected chi connectivity index (χ0v) is 11.9. The average Bonchev–Trinajstić information content (AvgIpc) is 2.55. The Labute approximate surface area is 123 Å². The molecule has 3 rings (SSSR count). The van der Waals surface area contributed by atoms with Crippen LogP contribution in [-0.2, 0) is 11.2 Å². The lowest BCUT2D eigenvalue weighted by atomic mass is 9.89. The third-order valence-electron chi connectivity index (χ3n) is 3.73. The van der Waals surface area contributed by atoms with E-state index in [1.54, 1.807) is 18.3 Å². The van der Waals surface area contributed by atoms with Gasteiger partial charge < -0.3 is 9.47 Å². The van der Waals surface area contributed by atoms with E-state index in [1.165, 1.54) is 18.2 Å². The highest BCUT2D eigenvalue weighted by Gasteiger charge is 2.22. The number of fused-ring (bicyclic) bond motifs is 1. The number of hydrogen-bond donors (Lipinski definition) is 0. The predicted molar refractivity (Wildman–Crippen MR) is 78.3 cm³/mol. The molecule has 21 heavy (non-hydrogen) atoms. The van der Waals surface area contributed by atoms with Gasteiger partial charge in [-0.25, -0.2) is 9.78 Å². The van der Waals surface area contributed by atoms with Gasteiger partial charge in [0.05, 0.1) is 12.7 Å². The zero-order valence-electron chi connectivity index (χ0n) is 11.9. The number of carbonyl (C=O) groups excluding carboxylic acids is 1. The largest absolute Gasteiger partial charge is 0.469 e. The molecule has 108 valence electrons. The number of carbonyl (C=O) groups is 1. The molecule has 1 aromatic carbocycles. The second-order valence-electron chi connectivity index (χ2n) is 5.07. The first-order chi connectivity index (χ1) is 10.3. The van der Waals surface area contributed by atoms with Crippen LogP contribution in [-0.4, -0.2) is 18.1 Å². The summed E-state index contributed by atoms with van der Waals surface area (Å²) in [5.74, 6) is 0.0749. The van der Waals surface area contributed by atoms with E-state index in [1.807, 2.05) is 6.07 Å². The number of aryl methyl sites for hydroxylation is 1. The lowest BCUT2D eigenvalue weighted by molar-refractivity contribution is 0.0599. The Morgan fingerprint density at radius 1 is 1.29 bits per heavy atom. The summed E-state index contributed by atoms with van der Waals surface area (Å²) < 4.78 is 10.7. The smallest absolute Gasteiger partial charge is 0.338 e. The fourth-order valence-corrected chi connectivity index (χ4v) is 2.70. The highest BCUT2D eigenvalue weighted by molar-refractivity contribution is 5.89. The van der Waals surface area contributed by atoms with Crippen LogP contribution in [0.4, 0.5) is 0 Å². The standard InChI is InChI=1S/C17H17NO3/c1-20-17(19)13-9-10-18-16(11-13)21-15-8-4-6-12-5-2-3-7-14(12)15/h2-3,5,7,9-11,15H,4,6,8H2,1H3. The number of benzene rings is 1. The summed E-state index contributed by atoms with van der Waals surface area (Å²) in [6, 6.07) is 11.6. The van der Waals surface area contributed by atoms with Crippen molar-refractivity contribution in [2.75, 3.05) is 7.11 Å². The van der Waals surface area contributed by atoms with Crippen molar-refractivity contribution in [3.63, 3.8) is 0 Å². The fourth-order valence-electron chi connectivity index (χ4n) is 2.70. The Morgan fingerprint density at radius 2 is 2.14 bits per heavy atom. The third kappa shape index (κ3) is 2.89. The van der Waals surface area contributed by atoms with E-state index < -0.39 is 0 Å². The number of nitrogens with zero attached hydrogens (tertiary/aromatic N) is 1. The summed E-state index contributed by atoms with van der Waals surface area (Å²) in [6.45, 7) is 0. The summed E-state index contributed by atoms with van der Waals surface area (Å²) in [5.41, 5.74) is 3.00. The molecule has 1 aliphatic rings. The minimum Gasteiger partial charge on any atom is -0.469 e. The second kappa shape index (κ2) is 5.95. The highest BCUT2D eigenvalue weighted by Crippen LogP contribution is 2.33. The lowest BCUT2D eigenvalue weighted by Gasteiger charge is -2.25. The molecule has 0 spiro atoms. The number of methoxy groups -OCH3 is 1. The van der Waals surface area contributed by atoms with Gasteiger partial charge in [0.15, 0.2) is 0 Å². The van der Waals surface area contributed by atoms with Crippen LogP contribution < -0.4 is 4.74 Å². The first-order valence-electron chi connectivity index (χ1n) is 7.07. The molecule has 1 aromatic heterocycles.